The summed E-state index contributed by atoms with van der Waals surface area (Å²) in [6.07, 6.45) is 5.84. The molecule has 0 spiro atoms. The number of ether oxygens (including phenoxy) is 1. The van der Waals surface area contributed by atoms with Gasteiger partial charge in [0, 0.05) is 30.3 Å². The van der Waals surface area contributed by atoms with E-state index < -0.39 is 0 Å². The summed E-state index contributed by atoms with van der Waals surface area (Å²) in [5.74, 6) is 0.924. The Morgan fingerprint density at radius 1 is 1.26 bits per heavy atom. The van der Waals surface area contributed by atoms with Crippen LogP contribution in [-0.2, 0) is 13.6 Å². The van der Waals surface area contributed by atoms with Gasteiger partial charge in [0.05, 0.1) is 25.2 Å². The van der Waals surface area contributed by atoms with Gasteiger partial charge in [0.25, 0.3) is 0 Å². The summed E-state index contributed by atoms with van der Waals surface area (Å²) in [6, 6.07) is 8.33. The average Bonchev–Trinajstić information content (AvgIpc) is 2.98. The monoisotopic (exact) mass is 255 g/mol. The smallest absolute Gasteiger partial charge is 0.120 e. The van der Waals surface area contributed by atoms with E-state index in [4.69, 9.17) is 4.74 Å². The lowest BCUT2D eigenvalue weighted by Crippen LogP contribution is -2.02. The van der Waals surface area contributed by atoms with Crippen LogP contribution in [0.15, 0.2) is 43.0 Å². The zero-order chi connectivity index (χ0) is 13.2. The molecule has 0 saturated heterocycles. The number of nitrogens with zero attached hydrogens (tertiary/aromatic N) is 3. The van der Waals surface area contributed by atoms with E-state index in [1.807, 2.05) is 37.1 Å². The van der Waals surface area contributed by atoms with Crippen molar-refractivity contribution in [3.8, 4) is 5.75 Å². The number of benzene rings is 1. The summed E-state index contributed by atoms with van der Waals surface area (Å²) in [6.45, 7) is 3.52. The Bertz CT molecular complexity index is 696. The van der Waals surface area contributed by atoms with Gasteiger partial charge in [0.1, 0.15) is 5.75 Å². The van der Waals surface area contributed by atoms with Crippen molar-refractivity contribution in [2.24, 2.45) is 7.05 Å². The van der Waals surface area contributed by atoms with Crippen LogP contribution in [-0.4, -0.2) is 20.7 Å². The summed E-state index contributed by atoms with van der Waals surface area (Å²) in [7, 11) is 2.02. The molecule has 19 heavy (non-hydrogen) atoms. The maximum absolute atomic E-state index is 5.52. The van der Waals surface area contributed by atoms with E-state index in [9.17, 15) is 0 Å². The molecule has 4 nitrogen and oxygen atoms in total. The minimum absolute atomic E-state index is 0.696. The molecule has 0 unspecified atom stereocenters. The molecular weight excluding hydrogens is 238 g/mol. The van der Waals surface area contributed by atoms with Crippen LogP contribution in [0.1, 0.15) is 12.6 Å². The van der Waals surface area contributed by atoms with Gasteiger partial charge in [0.2, 0.25) is 0 Å². The van der Waals surface area contributed by atoms with Gasteiger partial charge < -0.3 is 13.9 Å². The topological polar surface area (TPSA) is 32.0 Å². The van der Waals surface area contributed by atoms with Gasteiger partial charge in [-0.05, 0) is 31.2 Å². The molecule has 0 amide bonds. The summed E-state index contributed by atoms with van der Waals surface area (Å²) in [4.78, 5) is 4.15. The normalized spacial score (nSPS) is 11.1. The van der Waals surface area contributed by atoms with Crippen molar-refractivity contribution < 1.29 is 4.74 Å². The Labute approximate surface area is 112 Å². The molecule has 0 fully saturated rings. The third kappa shape index (κ3) is 2.21. The number of imidazole rings is 1. The van der Waals surface area contributed by atoms with Crippen LogP contribution in [0, 0.1) is 0 Å². The summed E-state index contributed by atoms with van der Waals surface area (Å²) in [5, 5.41) is 1.20. The molecule has 0 aliphatic rings. The molecule has 4 heteroatoms. The van der Waals surface area contributed by atoms with Gasteiger partial charge >= 0.3 is 0 Å². The van der Waals surface area contributed by atoms with Crippen LogP contribution in [0.4, 0.5) is 0 Å². The third-order valence-electron chi connectivity index (χ3n) is 3.30. The number of fused-ring (bicyclic) bond motifs is 1. The predicted molar refractivity (Wildman–Crippen MR) is 75.4 cm³/mol. The second-order valence-corrected chi connectivity index (χ2v) is 4.59. The van der Waals surface area contributed by atoms with Crippen LogP contribution in [0.25, 0.3) is 10.9 Å². The van der Waals surface area contributed by atoms with Crippen molar-refractivity contribution in [3.63, 3.8) is 0 Å². The van der Waals surface area contributed by atoms with Crippen molar-refractivity contribution in [1.29, 1.82) is 0 Å². The number of aromatic nitrogens is 3. The molecule has 0 aliphatic carbocycles. The molecule has 2 aromatic heterocycles. The Balaban J connectivity index is 1.95. The fraction of sp³-hybridized carbons (Fsp3) is 0.267. The summed E-state index contributed by atoms with van der Waals surface area (Å²) < 4.78 is 9.79. The average molecular weight is 255 g/mol. The van der Waals surface area contributed by atoms with E-state index in [1.54, 1.807) is 0 Å². The van der Waals surface area contributed by atoms with Crippen LogP contribution < -0.4 is 4.74 Å². The number of rotatable bonds is 4. The van der Waals surface area contributed by atoms with Crippen molar-refractivity contribution in [1.82, 2.24) is 14.1 Å². The first-order valence-corrected chi connectivity index (χ1v) is 6.45. The van der Waals surface area contributed by atoms with Gasteiger partial charge in [-0.3, -0.25) is 0 Å². The van der Waals surface area contributed by atoms with Crippen molar-refractivity contribution in [2.75, 3.05) is 6.61 Å². The largest absolute Gasteiger partial charge is 0.494 e. The zero-order valence-electron chi connectivity index (χ0n) is 11.2. The first-order chi connectivity index (χ1) is 9.28. The highest BCUT2D eigenvalue weighted by atomic mass is 16.5. The van der Waals surface area contributed by atoms with Crippen molar-refractivity contribution in [3.05, 3.63) is 48.7 Å². The molecule has 2 heterocycles. The maximum atomic E-state index is 5.52. The number of hydrogen-bond donors (Lipinski definition) is 0. The van der Waals surface area contributed by atoms with E-state index in [0.717, 1.165) is 12.3 Å². The molecule has 1 aromatic carbocycles. The third-order valence-corrected chi connectivity index (χ3v) is 3.30. The molecular formula is C15H17N3O. The lowest BCUT2D eigenvalue weighted by Gasteiger charge is -2.07. The van der Waals surface area contributed by atoms with Gasteiger partial charge in [-0.15, -0.1) is 0 Å². The number of aryl methyl sites for hydroxylation is 1. The summed E-state index contributed by atoms with van der Waals surface area (Å²) in [5.41, 5.74) is 2.40. The molecule has 0 saturated carbocycles. The standard InChI is InChI=1S/C15H17N3O/c1-3-19-14-4-5-15-12(8-14)6-7-18(15)10-13-9-16-11-17(13)2/h4-9,11H,3,10H2,1-2H3. The highest BCUT2D eigenvalue weighted by Gasteiger charge is 2.05. The minimum atomic E-state index is 0.696. The first kappa shape index (κ1) is 11.8. The van der Waals surface area contributed by atoms with Crippen molar-refractivity contribution in [2.45, 2.75) is 13.5 Å². The fourth-order valence-corrected chi connectivity index (χ4v) is 2.28. The van der Waals surface area contributed by atoms with Crippen LogP contribution in [0.2, 0.25) is 0 Å². The second-order valence-electron chi connectivity index (χ2n) is 4.59. The summed E-state index contributed by atoms with van der Waals surface area (Å²) >= 11 is 0. The molecule has 0 bridgehead atoms. The molecule has 0 N–H and O–H groups in total. The Morgan fingerprint density at radius 3 is 2.89 bits per heavy atom. The molecule has 3 rings (SSSR count). The van der Waals surface area contributed by atoms with E-state index >= 15 is 0 Å². The van der Waals surface area contributed by atoms with Crippen LogP contribution in [0.5, 0.6) is 5.75 Å². The highest BCUT2D eigenvalue weighted by molar-refractivity contribution is 5.81. The molecule has 0 atom stereocenters. The minimum Gasteiger partial charge on any atom is -0.494 e. The van der Waals surface area contributed by atoms with Gasteiger partial charge in [-0.1, -0.05) is 0 Å². The molecule has 0 radical (unpaired) electrons. The molecule has 3 aromatic rings. The number of hydrogen-bond acceptors (Lipinski definition) is 2. The van der Waals surface area contributed by atoms with Crippen LogP contribution in [0.3, 0.4) is 0 Å². The van der Waals surface area contributed by atoms with Crippen molar-refractivity contribution >= 4 is 10.9 Å². The molecule has 98 valence electrons. The second kappa shape index (κ2) is 4.80. The SMILES string of the molecule is CCOc1ccc2c(ccn2Cc2cncn2C)c1. The lowest BCUT2D eigenvalue weighted by molar-refractivity contribution is 0.340. The lowest BCUT2D eigenvalue weighted by atomic mass is 10.2. The van der Waals surface area contributed by atoms with E-state index in [0.29, 0.717) is 6.61 Å². The Hall–Kier alpha value is -2.23. The zero-order valence-corrected chi connectivity index (χ0v) is 11.2. The molecule has 0 aliphatic heterocycles. The van der Waals surface area contributed by atoms with Gasteiger partial charge in [-0.25, -0.2) is 4.98 Å². The Kier molecular flexibility index (Phi) is 2.99. The quantitative estimate of drug-likeness (QED) is 0.718. The highest BCUT2D eigenvalue weighted by Crippen LogP contribution is 2.22. The van der Waals surface area contributed by atoms with E-state index in [2.05, 4.69) is 33.9 Å². The first-order valence-electron chi connectivity index (χ1n) is 6.45. The van der Waals surface area contributed by atoms with E-state index in [-0.39, 0.29) is 0 Å². The van der Waals surface area contributed by atoms with E-state index in [1.165, 1.54) is 16.6 Å². The predicted octanol–water partition coefficient (Wildman–Crippen LogP) is 2.82. The van der Waals surface area contributed by atoms with Gasteiger partial charge in [0.15, 0.2) is 0 Å². The fourth-order valence-electron chi connectivity index (χ4n) is 2.28. The Morgan fingerprint density at radius 2 is 2.16 bits per heavy atom. The van der Waals surface area contributed by atoms with Gasteiger partial charge in [-0.2, -0.15) is 0 Å². The maximum Gasteiger partial charge on any atom is 0.120 e. The van der Waals surface area contributed by atoms with Crippen LogP contribution >= 0.6 is 0 Å².